The minimum absolute atomic E-state index is 0.130. The summed E-state index contributed by atoms with van der Waals surface area (Å²) in [5.41, 5.74) is 7.01. The van der Waals surface area contributed by atoms with Gasteiger partial charge in [0, 0.05) is 6.54 Å². The molecule has 0 aromatic heterocycles. The Morgan fingerprint density at radius 2 is 2.16 bits per heavy atom. The summed E-state index contributed by atoms with van der Waals surface area (Å²) in [6.45, 7) is 4.09. The molecule has 2 rings (SSSR count). The molecule has 1 aromatic carbocycles. The van der Waals surface area contributed by atoms with Crippen molar-refractivity contribution >= 4 is 15.7 Å². The Balaban J connectivity index is 2.42. The van der Waals surface area contributed by atoms with E-state index in [9.17, 15) is 13.5 Å². The lowest BCUT2D eigenvalue weighted by Crippen LogP contribution is -2.40. The molecule has 0 spiro atoms. The summed E-state index contributed by atoms with van der Waals surface area (Å²) >= 11 is 0. The van der Waals surface area contributed by atoms with Gasteiger partial charge in [-0.05, 0) is 37.0 Å². The minimum Gasteiger partial charge on any atom is -0.398 e. The molecular weight excluding hydrogens is 264 g/mol. The first kappa shape index (κ1) is 14.3. The predicted octanol–water partition coefficient (Wildman–Crippen LogP) is 0.969. The number of aliphatic hydroxyl groups is 1. The molecule has 5 nitrogen and oxygen atoms in total. The average molecular weight is 284 g/mol. The lowest BCUT2D eigenvalue weighted by atomic mass is 10.0. The maximum atomic E-state index is 12.6. The molecule has 1 saturated heterocycles. The van der Waals surface area contributed by atoms with E-state index in [2.05, 4.69) is 0 Å². The van der Waals surface area contributed by atoms with Crippen molar-refractivity contribution in [1.82, 2.24) is 4.31 Å². The monoisotopic (exact) mass is 284 g/mol. The maximum absolute atomic E-state index is 12.6. The molecule has 0 radical (unpaired) electrons. The van der Waals surface area contributed by atoms with Crippen molar-refractivity contribution in [1.29, 1.82) is 0 Å². The zero-order valence-corrected chi connectivity index (χ0v) is 12.0. The molecule has 19 heavy (non-hydrogen) atoms. The third-order valence-corrected chi connectivity index (χ3v) is 5.77. The number of nitrogen functional groups attached to an aromatic ring is 1. The number of sulfonamides is 1. The quantitative estimate of drug-likeness (QED) is 0.810. The van der Waals surface area contributed by atoms with Gasteiger partial charge in [-0.25, -0.2) is 8.42 Å². The van der Waals surface area contributed by atoms with Gasteiger partial charge in [-0.15, -0.1) is 0 Å². The van der Waals surface area contributed by atoms with Crippen molar-refractivity contribution in [3.05, 3.63) is 23.8 Å². The van der Waals surface area contributed by atoms with Crippen LogP contribution in [0.2, 0.25) is 0 Å². The Morgan fingerprint density at radius 3 is 2.74 bits per heavy atom. The van der Waals surface area contributed by atoms with Crippen molar-refractivity contribution in [3.8, 4) is 0 Å². The fraction of sp³-hybridized carbons (Fsp3) is 0.538. The standard InChI is InChI=1S/C13H20N2O3S/c1-9-3-4-13(11(14)7-9)19(17,18)15-6-5-10(2)12(15)8-16/h3-4,7,10,12,16H,5-6,8,14H2,1-2H3. The zero-order chi connectivity index (χ0) is 14.2. The van der Waals surface area contributed by atoms with Crippen LogP contribution in [0, 0.1) is 12.8 Å². The minimum atomic E-state index is -3.63. The summed E-state index contributed by atoms with van der Waals surface area (Å²) in [5, 5.41) is 9.39. The second-order valence-electron chi connectivity index (χ2n) is 5.17. The Hall–Kier alpha value is -1.11. The molecule has 1 heterocycles. The van der Waals surface area contributed by atoms with Crippen LogP contribution in [0.15, 0.2) is 23.1 Å². The van der Waals surface area contributed by atoms with Gasteiger partial charge in [0.1, 0.15) is 4.90 Å². The van der Waals surface area contributed by atoms with Crippen LogP contribution in [-0.2, 0) is 10.0 Å². The summed E-state index contributed by atoms with van der Waals surface area (Å²) < 4.78 is 26.6. The van der Waals surface area contributed by atoms with Gasteiger partial charge in [0.15, 0.2) is 0 Å². The number of hydrogen-bond acceptors (Lipinski definition) is 4. The van der Waals surface area contributed by atoms with Crippen LogP contribution >= 0.6 is 0 Å². The molecule has 3 N–H and O–H groups in total. The molecule has 0 aliphatic carbocycles. The molecule has 1 aliphatic heterocycles. The van der Waals surface area contributed by atoms with E-state index in [0.717, 1.165) is 12.0 Å². The van der Waals surface area contributed by atoms with E-state index in [1.165, 1.54) is 10.4 Å². The highest BCUT2D eigenvalue weighted by molar-refractivity contribution is 7.89. The second-order valence-corrected chi connectivity index (χ2v) is 7.03. The van der Waals surface area contributed by atoms with Crippen LogP contribution in [0.1, 0.15) is 18.9 Å². The van der Waals surface area contributed by atoms with E-state index in [1.54, 1.807) is 12.1 Å². The number of anilines is 1. The number of hydrogen-bond donors (Lipinski definition) is 2. The van der Waals surface area contributed by atoms with E-state index in [0.29, 0.717) is 6.54 Å². The normalized spacial score (nSPS) is 24.8. The molecule has 1 aliphatic rings. The van der Waals surface area contributed by atoms with Crippen LogP contribution < -0.4 is 5.73 Å². The highest BCUT2D eigenvalue weighted by atomic mass is 32.2. The van der Waals surface area contributed by atoms with Gasteiger partial charge in [-0.1, -0.05) is 13.0 Å². The number of nitrogens with zero attached hydrogens (tertiary/aromatic N) is 1. The van der Waals surface area contributed by atoms with Crippen molar-refractivity contribution in [2.75, 3.05) is 18.9 Å². The van der Waals surface area contributed by atoms with Crippen LogP contribution in [0.5, 0.6) is 0 Å². The number of benzene rings is 1. The maximum Gasteiger partial charge on any atom is 0.245 e. The zero-order valence-electron chi connectivity index (χ0n) is 11.2. The molecule has 1 aromatic rings. The Morgan fingerprint density at radius 1 is 1.47 bits per heavy atom. The molecule has 2 unspecified atom stereocenters. The van der Waals surface area contributed by atoms with Crippen LogP contribution in [0.25, 0.3) is 0 Å². The van der Waals surface area contributed by atoms with Crippen molar-refractivity contribution in [2.24, 2.45) is 5.92 Å². The summed E-state index contributed by atoms with van der Waals surface area (Å²) in [6.07, 6.45) is 0.760. The molecule has 0 amide bonds. The lowest BCUT2D eigenvalue weighted by Gasteiger charge is -2.25. The largest absolute Gasteiger partial charge is 0.398 e. The highest BCUT2D eigenvalue weighted by Crippen LogP contribution is 2.32. The van der Waals surface area contributed by atoms with Crippen molar-refractivity contribution in [2.45, 2.75) is 31.2 Å². The van der Waals surface area contributed by atoms with Crippen LogP contribution in [0.3, 0.4) is 0 Å². The molecule has 2 atom stereocenters. The molecule has 106 valence electrons. The van der Waals surface area contributed by atoms with Gasteiger partial charge >= 0.3 is 0 Å². The van der Waals surface area contributed by atoms with Gasteiger partial charge in [0.2, 0.25) is 10.0 Å². The van der Waals surface area contributed by atoms with Crippen molar-refractivity contribution in [3.63, 3.8) is 0 Å². The fourth-order valence-corrected chi connectivity index (χ4v) is 4.40. The lowest BCUT2D eigenvalue weighted by molar-refractivity contribution is 0.191. The van der Waals surface area contributed by atoms with Crippen molar-refractivity contribution < 1.29 is 13.5 Å². The first-order chi connectivity index (χ1) is 8.87. The third-order valence-electron chi connectivity index (χ3n) is 3.77. The average Bonchev–Trinajstić information content (AvgIpc) is 2.70. The smallest absolute Gasteiger partial charge is 0.245 e. The van der Waals surface area contributed by atoms with E-state index >= 15 is 0 Å². The molecule has 6 heteroatoms. The molecular formula is C13H20N2O3S. The Kier molecular flexibility index (Phi) is 3.85. The Bertz CT molecular complexity index is 571. The predicted molar refractivity (Wildman–Crippen MR) is 74.1 cm³/mol. The third kappa shape index (κ3) is 2.48. The van der Waals surface area contributed by atoms with E-state index in [1.807, 2.05) is 13.8 Å². The second kappa shape index (κ2) is 5.11. The van der Waals surface area contributed by atoms with Gasteiger partial charge in [0.05, 0.1) is 18.3 Å². The molecule has 1 fully saturated rings. The van der Waals surface area contributed by atoms with Crippen LogP contribution in [-0.4, -0.2) is 37.0 Å². The summed E-state index contributed by atoms with van der Waals surface area (Å²) in [5.74, 6) is 0.159. The summed E-state index contributed by atoms with van der Waals surface area (Å²) in [7, 11) is -3.63. The first-order valence-corrected chi connectivity index (χ1v) is 7.80. The van der Waals surface area contributed by atoms with Crippen LogP contribution in [0.4, 0.5) is 5.69 Å². The van der Waals surface area contributed by atoms with Gasteiger partial charge in [0.25, 0.3) is 0 Å². The fourth-order valence-electron chi connectivity index (χ4n) is 2.57. The summed E-state index contributed by atoms with van der Waals surface area (Å²) in [6, 6.07) is 4.57. The Labute approximate surface area is 114 Å². The first-order valence-electron chi connectivity index (χ1n) is 6.36. The van der Waals surface area contributed by atoms with Gasteiger partial charge < -0.3 is 10.8 Å². The molecule has 0 saturated carbocycles. The highest BCUT2D eigenvalue weighted by Gasteiger charge is 2.39. The van der Waals surface area contributed by atoms with E-state index in [-0.39, 0.29) is 29.1 Å². The number of rotatable bonds is 3. The summed E-state index contributed by atoms with van der Waals surface area (Å²) in [4.78, 5) is 0.130. The van der Waals surface area contributed by atoms with Gasteiger partial charge in [-0.2, -0.15) is 4.31 Å². The van der Waals surface area contributed by atoms with E-state index < -0.39 is 10.0 Å². The van der Waals surface area contributed by atoms with Gasteiger partial charge in [-0.3, -0.25) is 0 Å². The number of aliphatic hydroxyl groups excluding tert-OH is 1. The number of aryl methyl sites for hydroxylation is 1. The van der Waals surface area contributed by atoms with E-state index in [4.69, 9.17) is 5.73 Å². The SMILES string of the molecule is Cc1ccc(S(=O)(=O)N2CCC(C)C2CO)c(N)c1. The molecule has 0 bridgehead atoms. The number of nitrogens with two attached hydrogens (primary N) is 1. The topological polar surface area (TPSA) is 83.6 Å².